The summed E-state index contributed by atoms with van der Waals surface area (Å²) in [5, 5.41) is 0.581. The van der Waals surface area contributed by atoms with Crippen LogP contribution in [-0.2, 0) is 16.6 Å². The highest BCUT2D eigenvalue weighted by molar-refractivity contribution is 7.88. The van der Waals surface area contributed by atoms with E-state index in [1.807, 2.05) is 19.1 Å². The summed E-state index contributed by atoms with van der Waals surface area (Å²) in [6.07, 6.45) is 2.60. The third kappa shape index (κ3) is 2.88. The molecule has 20 heavy (non-hydrogen) atoms. The highest BCUT2D eigenvalue weighted by Gasteiger charge is 2.12. The molecule has 0 aliphatic heterocycles. The number of hydrogen-bond acceptors (Lipinski definition) is 4. The third-order valence-corrected chi connectivity index (χ3v) is 4.60. The van der Waals surface area contributed by atoms with Crippen LogP contribution in [0, 0.1) is 6.92 Å². The Morgan fingerprint density at radius 2 is 2.05 bits per heavy atom. The summed E-state index contributed by atoms with van der Waals surface area (Å²) in [6.45, 7) is 2.37. The monoisotopic (exact) mass is 295 g/mol. The number of sulfonamides is 1. The maximum Gasteiger partial charge on any atom is 0.261 e. The number of aryl methyl sites for hydroxylation is 1. The van der Waals surface area contributed by atoms with Crippen LogP contribution in [0.1, 0.15) is 5.56 Å². The number of hydrogen-bond donors (Lipinski definition) is 0. The molecule has 0 saturated heterocycles. The second kappa shape index (κ2) is 5.34. The van der Waals surface area contributed by atoms with Crippen molar-refractivity contribution in [3.05, 3.63) is 40.4 Å². The molecule has 0 radical (unpaired) electrons. The van der Waals surface area contributed by atoms with E-state index in [0.29, 0.717) is 10.9 Å². The van der Waals surface area contributed by atoms with Crippen LogP contribution in [0.3, 0.4) is 0 Å². The molecule has 0 atom stereocenters. The molecule has 0 fully saturated rings. The van der Waals surface area contributed by atoms with Gasteiger partial charge in [-0.25, -0.2) is 17.7 Å². The van der Waals surface area contributed by atoms with E-state index in [9.17, 15) is 13.2 Å². The average Bonchev–Trinajstić information content (AvgIpc) is 2.36. The zero-order chi connectivity index (χ0) is 14.9. The Bertz CT molecular complexity index is 796. The average molecular weight is 295 g/mol. The Kier molecular flexibility index (Phi) is 3.92. The molecule has 0 amide bonds. The van der Waals surface area contributed by atoms with Gasteiger partial charge in [-0.1, -0.05) is 12.1 Å². The Morgan fingerprint density at radius 1 is 1.35 bits per heavy atom. The molecule has 2 rings (SSSR count). The van der Waals surface area contributed by atoms with Crippen LogP contribution >= 0.6 is 0 Å². The van der Waals surface area contributed by atoms with Crippen LogP contribution in [0.4, 0.5) is 0 Å². The molecular weight excluding hydrogens is 278 g/mol. The minimum atomic E-state index is -3.24. The van der Waals surface area contributed by atoms with Gasteiger partial charge in [0, 0.05) is 20.1 Å². The van der Waals surface area contributed by atoms with Crippen LogP contribution < -0.4 is 5.56 Å². The quantitative estimate of drug-likeness (QED) is 0.828. The number of likely N-dealkylation sites (N-methyl/N-ethyl adjacent to an activating group) is 1. The molecule has 0 aliphatic carbocycles. The Balaban J connectivity index is 2.35. The van der Waals surface area contributed by atoms with Gasteiger partial charge in [0.2, 0.25) is 10.0 Å². The standard InChI is InChI=1S/C13H17N3O3S/c1-10-5-4-6-11-12(10)13(17)16(9-14-11)8-7-15(2)20(3,18)19/h4-6,9H,7-8H2,1-3H3. The van der Waals surface area contributed by atoms with Crippen molar-refractivity contribution in [3.63, 3.8) is 0 Å². The van der Waals surface area contributed by atoms with E-state index in [0.717, 1.165) is 11.8 Å². The van der Waals surface area contributed by atoms with Crippen LogP contribution in [0.2, 0.25) is 0 Å². The van der Waals surface area contributed by atoms with Crippen molar-refractivity contribution in [2.75, 3.05) is 19.8 Å². The molecule has 7 heteroatoms. The molecule has 0 bridgehead atoms. The summed E-state index contributed by atoms with van der Waals surface area (Å²) in [5.41, 5.74) is 1.38. The first-order chi connectivity index (χ1) is 9.30. The maximum atomic E-state index is 12.4. The summed E-state index contributed by atoms with van der Waals surface area (Å²) < 4.78 is 25.3. The van der Waals surface area contributed by atoms with E-state index in [1.165, 1.54) is 22.2 Å². The van der Waals surface area contributed by atoms with Crippen molar-refractivity contribution in [2.45, 2.75) is 13.5 Å². The number of rotatable bonds is 4. The normalized spacial score (nSPS) is 12.2. The molecule has 1 aromatic carbocycles. The Morgan fingerprint density at radius 3 is 2.70 bits per heavy atom. The second-order valence-corrected chi connectivity index (χ2v) is 6.89. The van der Waals surface area contributed by atoms with E-state index < -0.39 is 10.0 Å². The first-order valence-corrected chi connectivity index (χ1v) is 8.01. The van der Waals surface area contributed by atoms with Gasteiger partial charge in [0.15, 0.2) is 0 Å². The highest BCUT2D eigenvalue weighted by Crippen LogP contribution is 2.11. The SMILES string of the molecule is Cc1cccc2ncn(CCN(C)S(C)(=O)=O)c(=O)c12. The van der Waals surface area contributed by atoms with Gasteiger partial charge >= 0.3 is 0 Å². The van der Waals surface area contributed by atoms with Gasteiger partial charge in [0.1, 0.15) is 0 Å². The first-order valence-electron chi connectivity index (χ1n) is 6.17. The zero-order valence-corrected chi connectivity index (χ0v) is 12.5. The third-order valence-electron chi connectivity index (χ3n) is 3.28. The molecule has 0 saturated carbocycles. The van der Waals surface area contributed by atoms with Gasteiger partial charge < -0.3 is 0 Å². The lowest BCUT2D eigenvalue weighted by Crippen LogP contribution is -2.32. The van der Waals surface area contributed by atoms with Crippen LogP contribution in [0.25, 0.3) is 10.9 Å². The van der Waals surface area contributed by atoms with Crippen LogP contribution in [-0.4, -0.2) is 42.1 Å². The molecule has 6 nitrogen and oxygen atoms in total. The Labute approximate surface area is 117 Å². The van der Waals surface area contributed by atoms with E-state index in [1.54, 1.807) is 6.07 Å². The molecular formula is C13H17N3O3S. The smallest absolute Gasteiger partial charge is 0.261 e. The van der Waals surface area contributed by atoms with Crippen molar-refractivity contribution >= 4 is 20.9 Å². The summed E-state index contributed by atoms with van der Waals surface area (Å²) >= 11 is 0. The summed E-state index contributed by atoms with van der Waals surface area (Å²) in [5.74, 6) is 0. The summed E-state index contributed by atoms with van der Waals surface area (Å²) in [7, 11) is -1.75. The molecule has 108 valence electrons. The molecule has 0 aliphatic rings. The predicted octanol–water partition coefficient (Wildman–Crippen LogP) is 0.596. The molecule has 1 heterocycles. The van der Waals surface area contributed by atoms with E-state index in [-0.39, 0.29) is 18.6 Å². The molecule has 0 unspecified atom stereocenters. The maximum absolute atomic E-state index is 12.4. The zero-order valence-electron chi connectivity index (χ0n) is 11.7. The topological polar surface area (TPSA) is 72.3 Å². The fraction of sp³-hybridized carbons (Fsp3) is 0.385. The number of nitrogens with zero attached hydrogens (tertiary/aromatic N) is 3. The van der Waals surface area contributed by atoms with Gasteiger partial charge in [-0.3, -0.25) is 9.36 Å². The molecule has 2 aromatic rings. The molecule has 0 N–H and O–H groups in total. The largest absolute Gasteiger partial charge is 0.297 e. The molecule has 1 aromatic heterocycles. The Hall–Kier alpha value is -1.73. The molecule has 0 spiro atoms. The van der Waals surface area contributed by atoms with E-state index in [2.05, 4.69) is 4.98 Å². The fourth-order valence-corrected chi connectivity index (χ4v) is 2.35. The van der Waals surface area contributed by atoms with Crippen molar-refractivity contribution in [3.8, 4) is 0 Å². The number of benzene rings is 1. The van der Waals surface area contributed by atoms with Crippen molar-refractivity contribution in [1.29, 1.82) is 0 Å². The van der Waals surface area contributed by atoms with Crippen molar-refractivity contribution < 1.29 is 8.42 Å². The summed E-state index contributed by atoms with van der Waals surface area (Å²) in [4.78, 5) is 16.6. The van der Waals surface area contributed by atoms with Crippen molar-refractivity contribution in [2.24, 2.45) is 0 Å². The van der Waals surface area contributed by atoms with Gasteiger partial charge in [-0.05, 0) is 18.6 Å². The van der Waals surface area contributed by atoms with Gasteiger partial charge in [-0.15, -0.1) is 0 Å². The minimum absolute atomic E-state index is 0.144. The number of aromatic nitrogens is 2. The first kappa shape index (κ1) is 14.7. The highest BCUT2D eigenvalue weighted by atomic mass is 32.2. The van der Waals surface area contributed by atoms with E-state index in [4.69, 9.17) is 0 Å². The lowest BCUT2D eigenvalue weighted by Gasteiger charge is -2.15. The summed E-state index contributed by atoms with van der Waals surface area (Å²) in [6, 6.07) is 5.50. The van der Waals surface area contributed by atoms with Gasteiger partial charge in [0.25, 0.3) is 5.56 Å². The van der Waals surface area contributed by atoms with Crippen LogP contribution in [0.5, 0.6) is 0 Å². The lowest BCUT2D eigenvalue weighted by atomic mass is 10.1. The van der Waals surface area contributed by atoms with Crippen LogP contribution in [0.15, 0.2) is 29.3 Å². The number of fused-ring (bicyclic) bond motifs is 1. The predicted molar refractivity (Wildman–Crippen MR) is 78.2 cm³/mol. The fourth-order valence-electron chi connectivity index (χ4n) is 1.94. The lowest BCUT2D eigenvalue weighted by molar-refractivity contribution is 0.445. The van der Waals surface area contributed by atoms with Gasteiger partial charge in [-0.2, -0.15) is 0 Å². The van der Waals surface area contributed by atoms with Crippen molar-refractivity contribution in [1.82, 2.24) is 13.9 Å². The minimum Gasteiger partial charge on any atom is -0.297 e. The second-order valence-electron chi connectivity index (χ2n) is 4.80. The van der Waals surface area contributed by atoms with Gasteiger partial charge in [0.05, 0.1) is 23.5 Å². The van der Waals surface area contributed by atoms with E-state index >= 15 is 0 Å².